The summed E-state index contributed by atoms with van der Waals surface area (Å²) in [7, 11) is 0. The van der Waals surface area contributed by atoms with E-state index in [0.717, 1.165) is 5.75 Å². The minimum Gasteiger partial charge on any atom is -0.455 e. The van der Waals surface area contributed by atoms with Gasteiger partial charge in [0.2, 0.25) is 0 Å². The molecule has 2 N–H and O–H groups in total. The van der Waals surface area contributed by atoms with Gasteiger partial charge in [0.25, 0.3) is 0 Å². The molecule has 0 atom stereocenters. The molecule has 0 aliphatic rings. The van der Waals surface area contributed by atoms with Crippen molar-refractivity contribution in [1.82, 2.24) is 4.98 Å². The lowest BCUT2D eigenvalue weighted by molar-refractivity contribution is 0.484. The number of hydrogen-bond acceptors (Lipinski definition) is 4. The highest BCUT2D eigenvalue weighted by atomic mass is 32.2. The molecule has 16 heavy (non-hydrogen) atoms. The third kappa shape index (κ3) is 2.46. The van der Waals surface area contributed by atoms with E-state index in [1.165, 1.54) is 4.90 Å². The van der Waals surface area contributed by atoms with Crippen molar-refractivity contribution in [2.45, 2.75) is 4.90 Å². The van der Waals surface area contributed by atoms with Crippen molar-refractivity contribution in [3.63, 3.8) is 0 Å². The fourth-order valence-electron chi connectivity index (χ4n) is 1.26. The summed E-state index contributed by atoms with van der Waals surface area (Å²) in [4.78, 5) is 5.11. The molecule has 0 aliphatic heterocycles. The Morgan fingerprint density at radius 3 is 2.56 bits per heavy atom. The summed E-state index contributed by atoms with van der Waals surface area (Å²) in [5.74, 6) is 1.41. The summed E-state index contributed by atoms with van der Waals surface area (Å²) >= 11 is 1.70. The molecule has 2 rings (SSSR count). The SMILES string of the molecule is CSc1ccc(Oc2ccncc2N)cc1. The van der Waals surface area contributed by atoms with Crippen LogP contribution in [0.1, 0.15) is 0 Å². The molecule has 1 heterocycles. The van der Waals surface area contributed by atoms with Crippen molar-refractivity contribution in [1.29, 1.82) is 0 Å². The van der Waals surface area contributed by atoms with Crippen molar-refractivity contribution >= 4 is 17.4 Å². The van der Waals surface area contributed by atoms with Gasteiger partial charge in [-0.1, -0.05) is 0 Å². The van der Waals surface area contributed by atoms with Crippen molar-refractivity contribution in [3.8, 4) is 11.5 Å². The van der Waals surface area contributed by atoms with Gasteiger partial charge >= 0.3 is 0 Å². The second-order valence-electron chi connectivity index (χ2n) is 3.19. The highest BCUT2D eigenvalue weighted by Crippen LogP contribution is 2.27. The lowest BCUT2D eigenvalue weighted by Crippen LogP contribution is -1.92. The maximum absolute atomic E-state index is 5.73. The maximum Gasteiger partial charge on any atom is 0.153 e. The third-order valence-electron chi connectivity index (χ3n) is 2.10. The first-order valence-electron chi connectivity index (χ1n) is 4.81. The maximum atomic E-state index is 5.73. The molecule has 2 aromatic rings. The predicted molar refractivity (Wildman–Crippen MR) is 66.9 cm³/mol. The van der Waals surface area contributed by atoms with Gasteiger partial charge in [-0.2, -0.15) is 0 Å². The van der Waals surface area contributed by atoms with Crippen LogP contribution in [0.15, 0.2) is 47.6 Å². The Morgan fingerprint density at radius 2 is 1.94 bits per heavy atom. The Bertz CT molecular complexity index is 471. The van der Waals surface area contributed by atoms with Gasteiger partial charge in [-0.15, -0.1) is 11.8 Å². The zero-order chi connectivity index (χ0) is 11.4. The van der Waals surface area contributed by atoms with Crippen LogP contribution in [-0.4, -0.2) is 11.2 Å². The lowest BCUT2D eigenvalue weighted by atomic mass is 10.3. The average Bonchev–Trinajstić information content (AvgIpc) is 2.33. The van der Waals surface area contributed by atoms with Crippen LogP contribution in [0.3, 0.4) is 0 Å². The quantitative estimate of drug-likeness (QED) is 0.826. The second-order valence-corrected chi connectivity index (χ2v) is 4.07. The molecule has 0 radical (unpaired) electrons. The van der Waals surface area contributed by atoms with Crippen LogP contribution in [0.5, 0.6) is 11.5 Å². The number of benzene rings is 1. The Hall–Kier alpha value is -1.68. The molecule has 0 amide bonds. The van der Waals surface area contributed by atoms with Gasteiger partial charge in [-0.3, -0.25) is 4.98 Å². The van der Waals surface area contributed by atoms with Crippen LogP contribution < -0.4 is 10.5 Å². The molecular weight excluding hydrogens is 220 g/mol. The first-order chi connectivity index (χ1) is 7.79. The summed E-state index contributed by atoms with van der Waals surface area (Å²) in [6.45, 7) is 0. The number of rotatable bonds is 3. The van der Waals surface area contributed by atoms with E-state index in [2.05, 4.69) is 4.98 Å². The average molecular weight is 232 g/mol. The smallest absolute Gasteiger partial charge is 0.153 e. The van der Waals surface area contributed by atoms with E-state index < -0.39 is 0 Å². The Labute approximate surface area is 98.6 Å². The number of aromatic nitrogens is 1. The number of anilines is 1. The highest BCUT2D eigenvalue weighted by Gasteiger charge is 2.01. The van der Waals surface area contributed by atoms with Crippen LogP contribution in [0.25, 0.3) is 0 Å². The molecule has 3 nitrogen and oxygen atoms in total. The Morgan fingerprint density at radius 1 is 1.19 bits per heavy atom. The molecule has 0 bridgehead atoms. The van der Waals surface area contributed by atoms with Crippen molar-refractivity contribution in [3.05, 3.63) is 42.7 Å². The number of ether oxygens (including phenoxy) is 1. The molecule has 82 valence electrons. The first-order valence-corrected chi connectivity index (χ1v) is 6.03. The monoisotopic (exact) mass is 232 g/mol. The van der Waals surface area contributed by atoms with Gasteiger partial charge in [0.15, 0.2) is 5.75 Å². The molecule has 1 aromatic carbocycles. The van der Waals surface area contributed by atoms with Gasteiger partial charge in [-0.25, -0.2) is 0 Å². The lowest BCUT2D eigenvalue weighted by Gasteiger charge is -2.07. The molecule has 1 aromatic heterocycles. The molecule has 0 spiro atoms. The zero-order valence-electron chi connectivity index (χ0n) is 8.88. The standard InChI is InChI=1S/C12H12N2OS/c1-16-10-4-2-9(3-5-10)15-12-6-7-14-8-11(12)13/h2-8H,13H2,1H3. The Kier molecular flexibility index (Phi) is 3.31. The Balaban J connectivity index is 2.18. The van der Waals surface area contributed by atoms with E-state index in [4.69, 9.17) is 10.5 Å². The summed E-state index contributed by atoms with van der Waals surface area (Å²) in [6, 6.07) is 9.62. The van der Waals surface area contributed by atoms with Gasteiger partial charge in [0, 0.05) is 17.2 Å². The number of nitrogen functional groups attached to an aromatic ring is 1. The number of hydrogen-bond donors (Lipinski definition) is 1. The van der Waals surface area contributed by atoms with Crippen molar-refractivity contribution in [2.75, 3.05) is 12.0 Å². The molecule has 0 unspecified atom stereocenters. The van der Waals surface area contributed by atoms with Crippen LogP contribution in [0, 0.1) is 0 Å². The number of nitrogens with two attached hydrogens (primary N) is 1. The molecule has 0 saturated carbocycles. The van der Waals surface area contributed by atoms with Crippen molar-refractivity contribution < 1.29 is 4.74 Å². The van der Waals surface area contributed by atoms with Crippen LogP contribution in [0.4, 0.5) is 5.69 Å². The predicted octanol–water partition coefficient (Wildman–Crippen LogP) is 3.18. The number of pyridine rings is 1. The van der Waals surface area contributed by atoms with E-state index in [1.807, 2.05) is 30.5 Å². The normalized spacial score (nSPS) is 10.1. The molecule has 4 heteroatoms. The molecule has 0 fully saturated rings. The fourth-order valence-corrected chi connectivity index (χ4v) is 1.67. The van der Waals surface area contributed by atoms with E-state index in [-0.39, 0.29) is 0 Å². The minimum absolute atomic E-state index is 0.538. The summed E-state index contributed by atoms with van der Waals surface area (Å²) < 4.78 is 5.63. The van der Waals surface area contributed by atoms with Gasteiger partial charge in [-0.05, 0) is 30.5 Å². The summed E-state index contributed by atoms with van der Waals surface area (Å²) in [5, 5.41) is 0. The largest absolute Gasteiger partial charge is 0.455 e. The molecular formula is C12H12N2OS. The van der Waals surface area contributed by atoms with Crippen LogP contribution >= 0.6 is 11.8 Å². The molecule has 0 aliphatic carbocycles. The topological polar surface area (TPSA) is 48.1 Å². The van der Waals surface area contributed by atoms with Crippen LogP contribution in [0.2, 0.25) is 0 Å². The first kappa shape index (κ1) is 10.8. The van der Waals surface area contributed by atoms with Gasteiger partial charge < -0.3 is 10.5 Å². The highest BCUT2D eigenvalue weighted by molar-refractivity contribution is 7.98. The fraction of sp³-hybridized carbons (Fsp3) is 0.0833. The third-order valence-corrected chi connectivity index (χ3v) is 2.84. The van der Waals surface area contributed by atoms with Crippen molar-refractivity contribution in [2.24, 2.45) is 0 Å². The van der Waals surface area contributed by atoms with E-state index >= 15 is 0 Å². The molecule has 0 saturated heterocycles. The number of nitrogens with zero attached hydrogens (tertiary/aromatic N) is 1. The van der Waals surface area contributed by atoms with E-state index in [9.17, 15) is 0 Å². The summed E-state index contributed by atoms with van der Waals surface area (Å²) in [6.07, 6.45) is 5.27. The van der Waals surface area contributed by atoms with Crippen LogP contribution in [-0.2, 0) is 0 Å². The van der Waals surface area contributed by atoms with E-state index in [1.54, 1.807) is 30.2 Å². The number of thioether (sulfide) groups is 1. The van der Waals surface area contributed by atoms with Gasteiger partial charge in [0.05, 0.1) is 11.9 Å². The van der Waals surface area contributed by atoms with Gasteiger partial charge in [0.1, 0.15) is 5.75 Å². The zero-order valence-corrected chi connectivity index (χ0v) is 9.70. The second kappa shape index (κ2) is 4.90. The van der Waals surface area contributed by atoms with E-state index in [0.29, 0.717) is 11.4 Å². The minimum atomic E-state index is 0.538. The summed E-state index contributed by atoms with van der Waals surface area (Å²) in [5.41, 5.74) is 6.27.